The molecule has 0 atom stereocenters. The molecule has 1 aromatic heterocycles. The zero-order valence-electron chi connectivity index (χ0n) is 6.93. The lowest BCUT2D eigenvalue weighted by molar-refractivity contribution is 0.146. The Kier molecular flexibility index (Phi) is 3.42. The summed E-state index contributed by atoms with van der Waals surface area (Å²) in [5, 5.41) is 0. The molecule has 0 amide bonds. The minimum absolute atomic E-state index is 0.0593. The highest BCUT2D eigenvalue weighted by Gasteiger charge is 2.16. The van der Waals surface area contributed by atoms with Crippen molar-refractivity contribution in [1.82, 2.24) is 4.98 Å². The summed E-state index contributed by atoms with van der Waals surface area (Å²) in [6.07, 6.45) is -1.28. The summed E-state index contributed by atoms with van der Waals surface area (Å²) in [6, 6.07) is 1.22. The Hall–Kier alpha value is -0.900. The van der Waals surface area contributed by atoms with Gasteiger partial charge in [-0.15, -0.1) is 11.6 Å². The number of aromatic nitrogens is 1. The molecule has 0 aromatic carbocycles. The minimum atomic E-state index is -2.57. The average Bonchev–Trinajstić information content (AvgIpc) is 2.16. The number of rotatable bonds is 3. The first-order valence-corrected chi connectivity index (χ1v) is 4.10. The van der Waals surface area contributed by atoms with Crippen LogP contribution in [-0.2, 0) is 5.88 Å². The Morgan fingerprint density at radius 1 is 1.62 bits per heavy atom. The smallest absolute Gasteiger partial charge is 0.267 e. The van der Waals surface area contributed by atoms with E-state index in [9.17, 15) is 8.78 Å². The molecule has 72 valence electrons. The van der Waals surface area contributed by atoms with Gasteiger partial charge in [-0.25, -0.2) is 8.78 Å². The van der Waals surface area contributed by atoms with Crippen molar-refractivity contribution in [1.29, 1.82) is 0 Å². The third kappa shape index (κ3) is 2.06. The van der Waals surface area contributed by atoms with E-state index in [0.717, 1.165) is 0 Å². The third-order valence-electron chi connectivity index (χ3n) is 1.57. The maximum atomic E-state index is 12.4. The fraction of sp³-hybridized carbons (Fsp3) is 0.375. The predicted octanol–water partition coefficient (Wildman–Crippen LogP) is 2.77. The molecule has 0 spiro atoms. The quantitative estimate of drug-likeness (QED) is 0.711. The van der Waals surface area contributed by atoms with E-state index in [1.54, 1.807) is 0 Å². The lowest BCUT2D eigenvalue weighted by Gasteiger charge is -2.09. The molecule has 0 aliphatic heterocycles. The van der Waals surface area contributed by atoms with Crippen LogP contribution in [0.4, 0.5) is 8.78 Å². The van der Waals surface area contributed by atoms with Crippen molar-refractivity contribution in [2.75, 3.05) is 7.11 Å². The number of nitrogens with zero attached hydrogens (tertiary/aromatic N) is 1. The molecule has 1 aromatic rings. The second-order valence-corrected chi connectivity index (χ2v) is 2.58. The first-order valence-electron chi connectivity index (χ1n) is 3.56. The topological polar surface area (TPSA) is 22.1 Å². The molecule has 0 N–H and O–H groups in total. The van der Waals surface area contributed by atoms with Gasteiger partial charge in [0.1, 0.15) is 5.75 Å². The van der Waals surface area contributed by atoms with E-state index in [4.69, 9.17) is 16.3 Å². The van der Waals surface area contributed by atoms with Crippen LogP contribution in [0.5, 0.6) is 5.75 Å². The Bertz CT molecular complexity index is 293. The molecule has 1 rings (SSSR count). The molecular formula is C8H8ClF2NO. The van der Waals surface area contributed by atoms with Gasteiger partial charge in [-0.1, -0.05) is 0 Å². The van der Waals surface area contributed by atoms with E-state index in [1.807, 2.05) is 0 Å². The molecule has 0 saturated carbocycles. The minimum Gasteiger partial charge on any atom is -0.494 e. The van der Waals surface area contributed by atoms with Crippen molar-refractivity contribution in [2.45, 2.75) is 12.3 Å². The van der Waals surface area contributed by atoms with Gasteiger partial charge in [0.2, 0.25) is 0 Å². The van der Waals surface area contributed by atoms with Gasteiger partial charge in [-0.3, -0.25) is 4.98 Å². The molecule has 0 saturated heterocycles. The van der Waals surface area contributed by atoms with E-state index < -0.39 is 6.43 Å². The van der Waals surface area contributed by atoms with E-state index in [0.29, 0.717) is 5.69 Å². The van der Waals surface area contributed by atoms with E-state index in [-0.39, 0.29) is 17.2 Å². The van der Waals surface area contributed by atoms with E-state index in [2.05, 4.69) is 4.98 Å². The summed E-state index contributed by atoms with van der Waals surface area (Å²) in [5.41, 5.74) is 0.162. The fourth-order valence-electron chi connectivity index (χ4n) is 1.01. The fourth-order valence-corrected chi connectivity index (χ4v) is 1.20. The zero-order valence-corrected chi connectivity index (χ0v) is 7.68. The Labute approximate surface area is 79.5 Å². The van der Waals surface area contributed by atoms with Gasteiger partial charge in [0.05, 0.1) is 24.2 Å². The highest BCUT2D eigenvalue weighted by Crippen LogP contribution is 2.31. The van der Waals surface area contributed by atoms with Crippen LogP contribution in [0.15, 0.2) is 12.3 Å². The van der Waals surface area contributed by atoms with Gasteiger partial charge in [0.25, 0.3) is 6.43 Å². The summed E-state index contributed by atoms with van der Waals surface area (Å²) < 4.78 is 29.6. The van der Waals surface area contributed by atoms with Crippen LogP contribution in [0.2, 0.25) is 0 Å². The summed E-state index contributed by atoms with van der Waals surface area (Å²) in [6.45, 7) is 0. The van der Waals surface area contributed by atoms with Gasteiger partial charge >= 0.3 is 0 Å². The zero-order chi connectivity index (χ0) is 9.84. The van der Waals surface area contributed by atoms with Crippen molar-refractivity contribution in [2.24, 2.45) is 0 Å². The van der Waals surface area contributed by atoms with Crippen molar-refractivity contribution in [3.05, 3.63) is 23.5 Å². The van der Waals surface area contributed by atoms with E-state index >= 15 is 0 Å². The number of ether oxygens (including phenoxy) is 1. The van der Waals surface area contributed by atoms with Crippen LogP contribution in [0, 0.1) is 0 Å². The predicted molar refractivity (Wildman–Crippen MR) is 45.3 cm³/mol. The molecule has 0 radical (unpaired) electrons. The highest BCUT2D eigenvalue weighted by atomic mass is 35.5. The normalized spacial score (nSPS) is 10.5. The van der Waals surface area contributed by atoms with E-state index in [1.165, 1.54) is 19.4 Å². The van der Waals surface area contributed by atoms with Gasteiger partial charge < -0.3 is 4.74 Å². The maximum Gasteiger partial charge on any atom is 0.267 e. The SMILES string of the molecule is COc1c(C(F)F)ccnc1CCl. The number of halogens is 3. The lowest BCUT2D eigenvalue weighted by Crippen LogP contribution is -1.98. The van der Waals surface area contributed by atoms with Crippen LogP contribution in [0.1, 0.15) is 17.7 Å². The number of alkyl halides is 3. The van der Waals surface area contributed by atoms with Crippen molar-refractivity contribution < 1.29 is 13.5 Å². The molecule has 2 nitrogen and oxygen atoms in total. The second-order valence-electron chi connectivity index (χ2n) is 2.31. The lowest BCUT2D eigenvalue weighted by atomic mass is 10.2. The van der Waals surface area contributed by atoms with Crippen LogP contribution < -0.4 is 4.74 Å². The van der Waals surface area contributed by atoms with Crippen molar-refractivity contribution >= 4 is 11.6 Å². The maximum absolute atomic E-state index is 12.4. The molecule has 0 aliphatic carbocycles. The summed E-state index contributed by atoms with van der Waals surface area (Å²) in [7, 11) is 1.32. The van der Waals surface area contributed by atoms with Crippen molar-refractivity contribution in [3.8, 4) is 5.75 Å². The van der Waals surface area contributed by atoms with Gasteiger partial charge in [-0.2, -0.15) is 0 Å². The van der Waals surface area contributed by atoms with Crippen LogP contribution in [0.3, 0.4) is 0 Å². The monoisotopic (exact) mass is 207 g/mol. The molecular weight excluding hydrogens is 200 g/mol. The highest BCUT2D eigenvalue weighted by molar-refractivity contribution is 6.17. The molecule has 5 heteroatoms. The van der Waals surface area contributed by atoms with Crippen molar-refractivity contribution in [3.63, 3.8) is 0 Å². The second kappa shape index (κ2) is 4.37. The molecule has 0 unspecified atom stereocenters. The molecule has 0 fully saturated rings. The van der Waals surface area contributed by atoms with Crippen LogP contribution >= 0.6 is 11.6 Å². The Morgan fingerprint density at radius 2 is 2.31 bits per heavy atom. The number of methoxy groups -OCH3 is 1. The Balaban J connectivity index is 3.19. The largest absolute Gasteiger partial charge is 0.494 e. The molecule has 13 heavy (non-hydrogen) atoms. The first kappa shape index (κ1) is 10.2. The average molecular weight is 208 g/mol. The van der Waals surface area contributed by atoms with Crippen LogP contribution in [0.25, 0.3) is 0 Å². The molecule has 0 aliphatic rings. The van der Waals surface area contributed by atoms with Gasteiger partial charge in [0.15, 0.2) is 0 Å². The first-order chi connectivity index (χ1) is 6.20. The Morgan fingerprint density at radius 3 is 2.77 bits per heavy atom. The van der Waals surface area contributed by atoms with Gasteiger partial charge in [-0.05, 0) is 6.07 Å². The van der Waals surface area contributed by atoms with Crippen LogP contribution in [-0.4, -0.2) is 12.1 Å². The molecule has 1 heterocycles. The summed E-state index contributed by atoms with van der Waals surface area (Å²) in [5.74, 6) is 0.136. The molecule has 0 bridgehead atoms. The number of pyridine rings is 1. The van der Waals surface area contributed by atoms with Gasteiger partial charge in [0, 0.05) is 6.20 Å². The standard InChI is InChI=1S/C8H8ClF2NO/c1-13-7-5(8(10)11)2-3-12-6(7)4-9/h2-3,8H,4H2,1H3. The summed E-state index contributed by atoms with van der Waals surface area (Å²) >= 11 is 5.50. The third-order valence-corrected chi connectivity index (χ3v) is 1.83. The number of hydrogen-bond donors (Lipinski definition) is 0. The number of hydrogen-bond acceptors (Lipinski definition) is 2. The summed E-state index contributed by atoms with van der Waals surface area (Å²) in [4.78, 5) is 3.82.